The number of nitrogens with zero attached hydrogens (tertiary/aromatic N) is 3. The van der Waals surface area contributed by atoms with Gasteiger partial charge in [-0.25, -0.2) is 0 Å². The van der Waals surface area contributed by atoms with E-state index in [9.17, 15) is 19.5 Å². The number of halogens is 1. The van der Waals surface area contributed by atoms with Gasteiger partial charge in [0.25, 0.3) is 5.91 Å². The van der Waals surface area contributed by atoms with E-state index >= 15 is 0 Å². The number of aliphatic hydroxyl groups excluding tert-OH is 1. The van der Waals surface area contributed by atoms with Crippen molar-refractivity contribution in [1.29, 1.82) is 0 Å². The van der Waals surface area contributed by atoms with Crippen LogP contribution in [0.5, 0.6) is 0 Å². The third kappa shape index (κ3) is 5.52. The lowest BCUT2D eigenvalue weighted by molar-refractivity contribution is -0.150. The summed E-state index contributed by atoms with van der Waals surface area (Å²) in [7, 11) is 0. The molecule has 0 radical (unpaired) electrons. The highest BCUT2D eigenvalue weighted by atomic mass is 35.5. The van der Waals surface area contributed by atoms with Crippen LogP contribution in [0.1, 0.15) is 38.2 Å². The van der Waals surface area contributed by atoms with Crippen molar-refractivity contribution in [2.45, 2.75) is 56.4 Å². The average molecular weight is 606 g/mol. The Morgan fingerprint density at radius 2 is 1.74 bits per heavy atom. The molecule has 5 atom stereocenters. The van der Waals surface area contributed by atoms with Crippen LogP contribution in [0.2, 0.25) is 5.02 Å². The first-order chi connectivity index (χ1) is 20.7. The van der Waals surface area contributed by atoms with Gasteiger partial charge in [0.15, 0.2) is 0 Å². The fraction of sp³-hybridized carbons (Fsp3) is 0.441. The Kier molecular flexibility index (Phi) is 9.11. The maximum Gasteiger partial charge on any atom is 0.253 e. The minimum Gasteiger partial charge on any atom is -0.396 e. The van der Waals surface area contributed by atoms with Crippen LogP contribution >= 0.6 is 11.6 Å². The van der Waals surface area contributed by atoms with Crippen LogP contribution in [0.25, 0.3) is 0 Å². The molecular weight excluding hydrogens is 566 g/mol. The summed E-state index contributed by atoms with van der Waals surface area (Å²) in [6.07, 6.45) is 5.38. The van der Waals surface area contributed by atoms with E-state index in [1.54, 1.807) is 51.1 Å². The number of rotatable bonds is 13. The Bertz CT molecular complexity index is 1370. The van der Waals surface area contributed by atoms with Gasteiger partial charge in [0.1, 0.15) is 11.6 Å². The molecule has 0 aliphatic carbocycles. The van der Waals surface area contributed by atoms with Crippen molar-refractivity contribution in [1.82, 2.24) is 9.80 Å². The van der Waals surface area contributed by atoms with Crippen LogP contribution in [0, 0.1) is 11.8 Å². The SMILES string of the molecule is C=CCN(Cc1ccccc1)C(=O)[C@H]1[C@H]2C(=O)N(CCCCO)C(C(=O)N(CC=C)c3ccc(Cl)cc3)C23CC[C@]1(C)O3. The molecule has 2 unspecified atom stereocenters. The molecule has 1 spiro atoms. The molecule has 3 aliphatic rings. The second-order valence-electron chi connectivity index (χ2n) is 11.9. The van der Waals surface area contributed by atoms with Gasteiger partial charge in [-0.3, -0.25) is 14.4 Å². The lowest BCUT2D eigenvalue weighted by Gasteiger charge is -2.37. The number of carbonyl (C=O) groups excluding carboxylic acids is 3. The minimum atomic E-state index is -1.15. The Labute approximate surface area is 258 Å². The van der Waals surface area contributed by atoms with E-state index in [2.05, 4.69) is 13.2 Å². The third-order valence-corrected chi connectivity index (χ3v) is 9.43. The van der Waals surface area contributed by atoms with Crippen molar-refractivity contribution in [3.8, 4) is 0 Å². The van der Waals surface area contributed by atoms with Crippen LogP contribution in [-0.2, 0) is 25.7 Å². The number of amides is 3. The molecule has 3 aliphatic heterocycles. The summed E-state index contributed by atoms with van der Waals surface area (Å²) >= 11 is 6.14. The van der Waals surface area contributed by atoms with E-state index in [0.717, 1.165) is 5.56 Å². The lowest BCUT2D eigenvalue weighted by atomic mass is 9.66. The zero-order valence-corrected chi connectivity index (χ0v) is 25.4. The number of unbranched alkanes of at least 4 members (excludes halogenated alkanes) is 1. The molecule has 3 amide bonds. The molecule has 8 nitrogen and oxygen atoms in total. The Morgan fingerprint density at radius 3 is 2.40 bits per heavy atom. The number of hydrogen-bond acceptors (Lipinski definition) is 5. The molecule has 2 aromatic carbocycles. The van der Waals surface area contributed by atoms with Crippen molar-refractivity contribution in [3.63, 3.8) is 0 Å². The van der Waals surface area contributed by atoms with Gasteiger partial charge in [0.2, 0.25) is 11.8 Å². The van der Waals surface area contributed by atoms with Gasteiger partial charge in [-0.15, -0.1) is 13.2 Å². The molecule has 0 aromatic heterocycles. The van der Waals surface area contributed by atoms with Gasteiger partial charge in [0.05, 0.1) is 17.4 Å². The molecule has 1 N–H and O–H groups in total. The van der Waals surface area contributed by atoms with Gasteiger partial charge in [-0.1, -0.05) is 54.1 Å². The van der Waals surface area contributed by atoms with E-state index in [4.69, 9.17) is 16.3 Å². The van der Waals surface area contributed by atoms with Crippen LogP contribution in [-0.4, -0.2) is 76.1 Å². The number of likely N-dealkylation sites (tertiary alicyclic amines) is 1. The number of aliphatic hydroxyl groups is 1. The molecular formula is C34H40ClN3O5. The molecule has 2 aromatic rings. The Balaban J connectivity index is 1.54. The lowest BCUT2D eigenvalue weighted by Crippen LogP contribution is -2.56. The summed E-state index contributed by atoms with van der Waals surface area (Å²) in [6, 6.07) is 15.8. The largest absolute Gasteiger partial charge is 0.396 e. The maximum atomic E-state index is 14.6. The second-order valence-corrected chi connectivity index (χ2v) is 12.3. The first-order valence-corrected chi connectivity index (χ1v) is 15.3. The van der Waals surface area contributed by atoms with Gasteiger partial charge in [0, 0.05) is 43.5 Å². The monoisotopic (exact) mass is 605 g/mol. The van der Waals surface area contributed by atoms with Gasteiger partial charge in [-0.2, -0.15) is 0 Å². The smallest absolute Gasteiger partial charge is 0.253 e. The van der Waals surface area contributed by atoms with Crippen molar-refractivity contribution in [2.75, 3.05) is 31.1 Å². The summed E-state index contributed by atoms with van der Waals surface area (Å²) < 4.78 is 6.83. The van der Waals surface area contributed by atoms with Crippen molar-refractivity contribution < 1.29 is 24.2 Å². The standard InChI is InChI=1S/C34H40ClN3O5/c1-4-19-36(23-24-11-7-6-8-12-24)30(40)27-28-31(41)38(21-9-10-22-39)29(34(28)18-17-33(27,3)43-34)32(42)37(20-5-2)26-15-13-25(35)14-16-26/h4-8,11-16,27-29,39H,1-2,9-10,17-23H2,3H3/t27-,28+,29?,33+,34?/m1/s1. The highest BCUT2D eigenvalue weighted by Gasteiger charge is 2.78. The first-order valence-electron chi connectivity index (χ1n) is 14.9. The quantitative estimate of drug-likeness (QED) is 0.266. The summed E-state index contributed by atoms with van der Waals surface area (Å²) in [5.41, 5.74) is -0.447. The topological polar surface area (TPSA) is 90.4 Å². The van der Waals surface area contributed by atoms with E-state index in [1.807, 2.05) is 37.3 Å². The van der Waals surface area contributed by atoms with E-state index in [1.165, 1.54) is 0 Å². The second kappa shape index (κ2) is 12.6. The molecule has 3 heterocycles. The van der Waals surface area contributed by atoms with Crippen LogP contribution in [0.4, 0.5) is 5.69 Å². The van der Waals surface area contributed by atoms with Crippen molar-refractivity contribution in [3.05, 3.63) is 90.5 Å². The fourth-order valence-corrected chi connectivity index (χ4v) is 7.45. The molecule has 9 heteroatoms. The molecule has 43 heavy (non-hydrogen) atoms. The highest BCUT2D eigenvalue weighted by Crippen LogP contribution is 2.63. The Hall–Kier alpha value is -3.46. The summed E-state index contributed by atoms with van der Waals surface area (Å²) in [5, 5.41) is 10.0. The minimum absolute atomic E-state index is 0.0196. The van der Waals surface area contributed by atoms with Crippen molar-refractivity contribution in [2.24, 2.45) is 11.8 Å². The predicted molar refractivity (Wildman–Crippen MR) is 166 cm³/mol. The number of carbonyl (C=O) groups is 3. The van der Waals surface area contributed by atoms with Crippen molar-refractivity contribution >= 4 is 35.0 Å². The van der Waals surface area contributed by atoms with Gasteiger partial charge in [-0.05, 0) is 62.4 Å². The summed E-state index contributed by atoms with van der Waals surface area (Å²) in [5.74, 6) is -2.26. The van der Waals surface area contributed by atoms with Gasteiger partial charge < -0.3 is 24.5 Å². The number of hydrogen-bond donors (Lipinski definition) is 1. The van der Waals surface area contributed by atoms with Gasteiger partial charge >= 0.3 is 0 Å². The molecule has 3 saturated heterocycles. The fourth-order valence-electron chi connectivity index (χ4n) is 7.32. The molecule has 2 bridgehead atoms. The molecule has 5 rings (SSSR count). The van der Waals surface area contributed by atoms with Crippen LogP contribution in [0.15, 0.2) is 79.9 Å². The zero-order valence-electron chi connectivity index (χ0n) is 24.7. The highest BCUT2D eigenvalue weighted by molar-refractivity contribution is 6.30. The maximum absolute atomic E-state index is 14.6. The van der Waals surface area contributed by atoms with Crippen LogP contribution in [0.3, 0.4) is 0 Å². The number of anilines is 1. The van der Waals surface area contributed by atoms with Crippen LogP contribution < -0.4 is 4.90 Å². The molecule has 3 fully saturated rings. The molecule has 228 valence electrons. The number of benzene rings is 2. The van der Waals surface area contributed by atoms with E-state index < -0.39 is 29.1 Å². The Morgan fingerprint density at radius 1 is 1.05 bits per heavy atom. The zero-order chi connectivity index (χ0) is 30.8. The number of ether oxygens (including phenoxy) is 1. The summed E-state index contributed by atoms with van der Waals surface area (Å²) in [6.45, 7) is 10.8. The third-order valence-electron chi connectivity index (χ3n) is 9.18. The van der Waals surface area contributed by atoms with E-state index in [-0.39, 0.29) is 37.4 Å². The number of fused-ring (bicyclic) bond motifs is 1. The van der Waals surface area contributed by atoms with E-state index in [0.29, 0.717) is 49.5 Å². The predicted octanol–water partition coefficient (Wildman–Crippen LogP) is 4.61. The first kappa shape index (κ1) is 31.0. The normalized spacial score (nSPS) is 27.2. The average Bonchev–Trinajstić information content (AvgIpc) is 3.57. The summed E-state index contributed by atoms with van der Waals surface area (Å²) in [4.78, 5) is 48.4. The molecule has 0 saturated carbocycles.